The van der Waals surface area contributed by atoms with Crippen LogP contribution in [0.25, 0.3) is 0 Å². The lowest BCUT2D eigenvalue weighted by molar-refractivity contribution is -0.143. The molecule has 0 saturated heterocycles. The van der Waals surface area contributed by atoms with E-state index in [1.165, 1.54) is 0 Å². The van der Waals surface area contributed by atoms with Gasteiger partial charge in [-0.2, -0.15) is 0 Å². The van der Waals surface area contributed by atoms with Gasteiger partial charge >= 0.3 is 5.97 Å². The van der Waals surface area contributed by atoms with Crippen molar-refractivity contribution in [3.05, 3.63) is 12.7 Å². The zero-order valence-corrected chi connectivity index (χ0v) is 8.96. The van der Waals surface area contributed by atoms with Crippen molar-refractivity contribution < 1.29 is 14.3 Å². The van der Waals surface area contributed by atoms with Crippen molar-refractivity contribution in [1.29, 1.82) is 0 Å². The minimum absolute atomic E-state index is 0.0977. The third-order valence-electron chi connectivity index (χ3n) is 1.71. The summed E-state index contributed by atoms with van der Waals surface area (Å²) in [7, 11) is 0. The summed E-state index contributed by atoms with van der Waals surface area (Å²) in [6.45, 7) is 7.20. The minimum atomic E-state index is -0.0977. The van der Waals surface area contributed by atoms with Gasteiger partial charge in [-0.05, 0) is 19.8 Å². The Morgan fingerprint density at radius 2 is 2.14 bits per heavy atom. The summed E-state index contributed by atoms with van der Waals surface area (Å²) >= 11 is 0. The van der Waals surface area contributed by atoms with E-state index in [0.29, 0.717) is 19.6 Å². The minimum Gasteiger partial charge on any atom is -0.466 e. The van der Waals surface area contributed by atoms with Gasteiger partial charge in [0.05, 0.1) is 13.2 Å². The summed E-state index contributed by atoms with van der Waals surface area (Å²) in [6, 6.07) is 0. The fourth-order valence-corrected chi connectivity index (χ4v) is 1.05. The first-order valence-electron chi connectivity index (χ1n) is 5.15. The number of carbonyl (C=O) groups is 1. The normalized spacial score (nSPS) is 9.79. The predicted molar refractivity (Wildman–Crippen MR) is 56.1 cm³/mol. The zero-order valence-electron chi connectivity index (χ0n) is 8.96. The van der Waals surface area contributed by atoms with Crippen LogP contribution >= 0.6 is 0 Å². The molecular weight excluding hydrogens is 180 g/mol. The zero-order chi connectivity index (χ0) is 10.6. The molecule has 3 nitrogen and oxygen atoms in total. The Kier molecular flexibility index (Phi) is 9.64. The van der Waals surface area contributed by atoms with Crippen LogP contribution in [0, 0.1) is 0 Å². The monoisotopic (exact) mass is 200 g/mol. The van der Waals surface area contributed by atoms with Gasteiger partial charge in [-0.3, -0.25) is 4.79 Å². The van der Waals surface area contributed by atoms with Gasteiger partial charge in [0.2, 0.25) is 0 Å². The summed E-state index contributed by atoms with van der Waals surface area (Å²) in [5.74, 6) is -0.0977. The molecule has 0 amide bonds. The number of rotatable bonds is 9. The average Bonchev–Trinajstić information content (AvgIpc) is 2.17. The van der Waals surface area contributed by atoms with Crippen molar-refractivity contribution in [3.8, 4) is 0 Å². The van der Waals surface area contributed by atoms with E-state index in [1.807, 2.05) is 6.92 Å². The molecule has 0 aromatic carbocycles. The molecule has 0 spiro atoms. The van der Waals surface area contributed by atoms with Gasteiger partial charge in [0, 0.05) is 13.0 Å². The van der Waals surface area contributed by atoms with Crippen LogP contribution in [0.15, 0.2) is 12.7 Å². The first-order valence-corrected chi connectivity index (χ1v) is 5.15. The highest BCUT2D eigenvalue weighted by atomic mass is 16.5. The highest BCUT2D eigenvalue weighted by Crippen LogP contribution is 2.01. The number of hydrogen-bond acceptors (Lipinski definition) is 3. The standard InChI is InChI=1S/C11H20O3/c1-3-9-13-10-7-5-6-8-11(12)14-4-2/h3H,1,4-10H2,2H3. The van der Waals surface area contributed by atoms with Crippen molar-refractivity contribution in [2.75, 3.05) is 19.8 Å². The Hall–Kier alpha value is -0.830. The Morgan fingerprint density at radius 3 is 2.79 bits per heavy atom. The van der Waals surface area contributed by atoms with Gasteiger partial charge in [-0.25, -0.2) is 0 Å². The third kappa shape index (κ3) is 9.26. The molecule has 82 valence electrons. The highest BCUT2D eigenvalue weighted by Gasteiger charge is 1.99. The van der Waals surface area contributed by atoms with E-state index in [2.05, 4.69) is 6.58 Å². The first kappa shape index (κ1) is 13.2. The fraction of sp³-hybridized carbons (Fsp3) is 0.727. The number of carbonyl (C=O) groups excluding carboxylic acids is 1. The molecular formula is C11H20O3. The molecule has 0 heterocycles. The molecule has 0 rings (SSSR count). The maximum Gasteiger partial charge on any atom is 0.305 e. The molecule has 0 aromatic rings. The van der Waals surface area contributed by atoms with E-state index < -0.39 is 0 Å². The second-order valence-corrected chi connectivity index (χ2v) is 2.98. The lowest BCUT2D eigenvalue weighted by Gasteiger charge is -2.02. The van der Waals surface area contributed by atoms with Gasteiger partial charge in [0.1, 0.15) is 0 Å². The van der Waals surface area contributed by atoms with Crippen LogP contribution < -0.4 is 0 Å². The molecule has 0 atom stereocenters. The summed E-state index contributed by atoms with van der Waals surface area (Å²) < 4.78 is 10.0. The predicted octanol–water partition coefficient (Wildman–Crippen LogP) is 2.31. The molecule has 14 heavy (non-hydrogen) atoms. The smallest absolute Gasteiger partial charge is 0.305 e. The van der Waals surface area contributed by atoms with Gasteiger partial charge in [-0.1, -0.05) is 12.5 Å². The van der Waals surface area contributed by atoms with Crippen molar-refractivity contribution in [3.63, 3.8) is 0 Å². The molecule has 0 aliphatic carbocycles. The van der Waals surface area contributed by atoms with E-state index in [-0.39, 0.29) is 5.97 Å². The van der Waals surface area contributed by atoms with Crippen LogP contribution in [-0.4, -0.2) is 25.8 Å². The van der Waals surface area contributed by atoms with E-state index >= 15 is 0 Å². The van der Waals surface area contributed by atoms with E-state index in [0.717, 1.165) is 25.9 Å². The van der Waals surface area contributed by atoms with Crippen molar-refractivity contribution in [1.82, 2.24) is 0 Å². The van der Waals surface area contributed by atoms with Crippen molar-refractivity contribution >= 4 is 5.97 Å². The maximum absolute atomic E-state index is 10.9. The molecule has 0 N–H and O–H groups in total. The molecule has 0 unspecified atom stereocenters. The largest absolute Gasteiger partial charge is 0.466 e. The second-order valence-electron chi connectivity index (χ2n) is 2.98. The molecule has 0 aliphatic heterocycles. The highest BCUT2D eigenvalue weighted by molar-refractivity contribution is 5.69. The summed E-state index contributed by atoms with van der Waals surface area (Å²) in [5.41, 5.74) is 0. The van der Waals surface area contributed by atoms with Gasteiger partial charge in [0.25, 0.3) is 0 Å². The van der Waals surface area contributed by atoms with Gasteiger partial charge < -0.3 is 9.47 Å². The molecule has 0 bridgehead atoms. The lowest BCUT2D eigenvalue weighted by atomic mass is 10.2. The van der Waals surface area contributed by atoms with Crippen LogP contribution in [0.3, 0.4) is 0 Å². The van der Waals surface area contributed by atoms with Crippen LogP contribution in [0.1, 0.15) is 32.6 Å². The Balaban J connectivity index is 3.05. The SMILES string of the molecule is C=CCOCCCCCC(=O)OCC. The summed E-state index contributed by atoms with van der Waals surface area (Å²) in [4.78, 5) is 10.9. The Labute approximate surface area is 86.1 Å². The lowest BCUT2D eigenvalue weighted by Crippen LogP contribution is -2.03. The second kappa shape index (κ2) is 10.3. The van der Waals surface area contributed by atoms with Crippen LogP contribution in [0.4, 0.5) is 0 Å². The molecule has 0 fully saturated rings. The van der Waals surface area contributed by atoms with Gasteiger partial charge in [0.15, 0.2) is 0 Å². The number of esters is 1. The maximum atomic E-state index is 10.9. The number of hydrogen-bond donors (Lipinski definition) is 0. The Bertz CT molecular complexity index is 155. The van der Waals surface area contributed by atoms with Crippen LogP contribution in [0.2, 0.25) is 0 Å². The summed E-state index contributed by atoms with van der Waals surface area (Å²) in [6.07, 6.45) is 5.15. The molecule has 0 aliphatic rings. The van der Waals surface area contributed by atoms with E-state index in [1.54, 1.807) is 6.08 Å². The number of ether oxygens (including phenoxy) is 2. The Morgan fingerprint density at radius 1 is 1.36 bits per heavy atom. The van der Waals surface area contributed by atoms with Crippen LogP contribution in [-0.2, 0) is 14.3 Å². The topological polar surface area (TPSA) is 35.5 Å². The van der Waals surface area contributed by atoms with Gasteiger partial charge in [-0.15, -0.1) is 6.58 Å². The molecule has 0 radical (unpaired) electrons. The van der Waals surface area contributed by atoms with E-state index in [4.69, 9.17) is 9.47 Å². The molecule has 0 aromatic heterocycles. The first-order chi connectivity index (χ1) is 6.81. The van der Waals surface area contributed by atoms with Crippen molar-refractivity contribution in [2.24, 2.45) is 0 Å². The third-order valence-corrected chi connectivity index (χ3v) is 1.71. The average molecular weight is 200 g/mol. The molecule has 0 saturated carbocycles. The molecule has 3 heteroatoms. The van der Waals surface area contributed by atoms with E-state index in [9.17, 15) is 4.79 Å². The quantitative estimate of drug-likeness (QED) is 0.325. The fourth-order valence-electron chi connectivity index (χ4n) is 1.05. The summed E-state index contributed by atoms with van der Waals surface area (Å²) in [5, 5.41) is 0. The number of unbranched alkanes of at least 4 members (excludes halogenated alkanes) is 2. The van der Waals surface area contributed by atoms with Crippen LogP contribution in [0.5, 0.6) is 0 Å². The van der Waals surface area contributed by atoms with Crippen molar-refractivity contribution in [2.45, 2.75) is 32.6 Å².